The highest BCUT2D eigenvalue weighted by atomic mass is 79.9. The maximum atomic E-state index is 12.3. The Morgan fingerprint density at radius 1 is 0.886 bits per heavy atom. The molecule has 0 aliphatic heterocycles. The van der Waals surface area contributed by atoms with Gasteiger partial charge in [-0.1, -0.05) is 76.6 Å². The van der Waals surface area contributed by atoms with Crippen LogP contribution in [0, 0.1) is 0 Å². The van der Waals surface area contributed by atoms with E-state index in [0.29, 0.717) is 17.1 Å². The fourth-order valence-corrected chi connectivity index (χ4v) is 3.57. The summed E-state index contributed by atoms with van der Waals surface area (Å²) in [5.74, 6) is -0.0544. The standard InChI is InChI=1S/C28H21BrN2O4/c29-24-12-14-26(35-28(33)15-10-20-6-2-1-3-7-20)23(16-24)18-30-31-27(32)19-34-25-13-11-21-8-4-5-9-22(21)17-25/h1-18H,19H2,(H,31,32)/b15-10+,30-18+. The molecule has 0 spiro atoms. The average molecular weight is 529 g/mol. The number of ether oxygens (including phenoxy) is 2. The van der Waals surface area contributed by atoms with Gasteiger partial charge in [-0.25, -0.2) is 10.2 Å². The molecule has 0 unspecified atom stereocenters. The van der Waals surface area contributed by atoms with Crippen LogP contribution in [0.1, 0.15) is 11.1 Å². The molecule has 174 valence electrons. The van der Waals surface area contributed by atoms with Gasteiger partial charge in [-0.05, 0) is 52.7 Å². The van der Waals surface area contributed by atoms with Crippen molar-refractivity contribution < 1.29 is 19.1 Å². The summed E-state index contributed by atoms with van der Waals surface area (Å²) in [6.45, 7) is -0.194. The van der Waals surface area contributed by atoms with Gasteiger partial charge in [-0.15, -0.1) is 0 Å². The van der Waals surface area contributed by atoms with E-state index >= 15 is 0 Å². The van der Waals surface area contributed by atoms with E-state index in [0.717, 1.165) is 20.8 Å². The van der Waals surface area contributed by atoms with Crippen molar-refractivity contribution in [1.82, 2.24) is 5.43 Å². The third kappa shape index (κ3) is 7.12. The third-order valence-electron chi connectivity index (χ3n) is 4.88. The first-order chi connectivity index (χ1) is 17.1. The number of nitrogens with zero attached hydrogens (tertiary/aromatic N) is 1. The van der Waals surface area contributed by atoms with Crippen molar-refractivity contribution in [3.8, 4) is 11.5 Å². The van der Waals surface area contributed by atoms with Gasteiger partial charge in [0.25, 0.3) is 5.91 Å². The number of hydrogen-bond acceptors (Lipinski definition) is 5. The van der Waals surface area contributed by atoms with Gasteiger partial charge >= 0.3 is 5.97 Å². The largest absolute Gasteiger partial charge is 0.484 e. The first-order valence-corrected chi connectivity index (χ1v) is 11.5. The molecule has 0 saturated carbocycles. The monoisotopic (exact) mass is 528 g/mol. The Kier molecular flexibility index (Phi) is 8.04. The lowest BCUT2D eigenvalue weighted by Crippen LogP contribution is -2.24. The topological polar surface area (TPSA) is 77.0 Å². The van der Waals surface area contributed by atoms with Crippen LogP contribution >= 0.6 is 15.9 Å². The van der Waals surface area contributed by atoms with Crippen molar-refractivity contribution in [2.45, 2.75) is 0 Å². The van der Waals surface area contributed by atoms with Gasteiger partial charge in [0.05, 0.1) is 6.21 Å². The lowest BCUT2D eigenvalue weighted by Gasteiger charge is -2.07. The second-order valence-corrected chi connectivity index (χ2v) is 8.35. The molecular formula is C28H21BrN2O4. The second kappa shape index (κ2) is 11.8. The number of amides is 1. The molecule has 0 aromatic heterocycles. The number of hydrogen-bond donors (Lipinski definition) is 1. The van der Waals surface area contributed by atoms with E-state index in [-0.39, 0.29) is 6.61 Å². The van der Waals surface area contributed by atoms with Crippen molar-refractivity contribution >= 4 is 50.9 Å². The zero-order valence-electron chi connectivity index (χ0n) is 18.6. The first kappa shape index (κ1) is 23.9. The Balaban J connectivity index is 1.33. The van der Waals surface area contributed by atoms with Crippen LogP contribution in [0.15, 0.2) is 107 Å². The molecule has 6 nitrogen and oxygen atoms in total. The Labute approximate surface area is 211 Å². The highest BCUT2D eigenvalue weighted by Gasteiger charge is 2.08. The molecule has 1 N–H and O–H groups in total. The third-order valence-corrected chi connectivity index (χ3v) is 5.37. The molecule has 0 aliphatic rings. The predicted molar refractivity (Wildman–Crippen MR) is 140 cm³/mol. The molecule has 0 heterocycles. The minimum Gasteiger partial charge on any atom is -0.484 e. The fourth-order valence-electron chi connectivity index (χ4n) is 3.20. The molecule has 4 rings (SSSR count). The van der Waals surface area contributed by atoms with Gasteiger partial charge in [0.2, 0.25) is 0 Å². The summed E-state index contributed by atoms with van der Waals surface area (Å²) in [4.78, 5) is 24.4. The minimum atomic E-state index is -0.529. The molecular weight excluding hydrogens is 508 g/mol. The lowest BCUT2D eigenvalue weighted by atomic mass is 10.1. The van der Waals surface area contributed by atoms with Crippen LogP contribution in [0.4, 0.5) is 0 Å². The Morgan fingerprint density at radius 2 is 1.66 bits per heavy atom. The molecule has 0 fully saturated rings. The summed E-state index contributed by atoms with van der Waals surface area (Å²) >= 11 is 3.39. The van der Waals surface area contributed by atoms with E-state index < -0.39 is 11.9 Å². The normalized spacial score (nSPS) is 11.1. The number of rotatable bonds is 8. The Bertz CT molecular complexity index is 1400. The van der Waals surface area contributed by atoms with Crippen molar-refractivity contribution in [3.05, 3.63) is 113 Å². The number of hydrazone groups is 1. The molecule has 0 saturated heterocycles. The van der Waals surface area contributed by atoms with Gasteiger partial charge in [0.15, 0.2) is 6.61 Å². The van der Waals surface area contributed by atoms with Gasteiger partial charge in [-0.2, -0.15) is 5.10 Å². The minimum absolute atomic E-state index is 0.194. The molecule has 0 atom stereocenters. The summed E-state index contributed by atoms with van der Waals surface area (Å²) < 4.78 is 11.8. The predicted octanol–water partition coefficient (Wildman–Crippen LogP) is 5.75. The molecule has 1 amide bonds. The Hall–Kier alpha value is -4.23. The quantitative estimate of drug-likeness (QED) is 0.104. The smallest absolute Gasteiger partial charge is 0.336 e. The van der Waals surface area contributed by atoms with Crippen LogP contribution in [-0.4, -0.2) is 24.7 Å². The highest BCUT2D eigenvalue weighted by molar-refractivity contribution is 9.10. The molecule has 0 radical (unpaired) electrons. The maximum Gasteiger partial charge on any atom is 0.336 e. The van der Waals surface area contributed by atoms with Crippen LogP contribution in [0.5, 0.6) is 11.5 Å². The van der Waals surface area contributed by atoms with Gasteiger partial charge in [0.1, 0.15) is 11.5 Å². The van der Waals surface area contributed by atoms with Gasteiger partial charge in [-0.3, -0.25) is 4.79 Å². The summed E-state index contributed by atoms with van der Waals surface area (Å²) in [6.07, 6.45) is 4.43. The fraction of sp³-hybridized carbons (Fsp3) is 0.0357. The van der Waals surface area contributed by atoms with Crippen molar-refractivity contribution in [2.24, 2.45) is 5.10 Å². The van der Waals surface area contributed by atoms with Crippen molar-refractivity contribution in [2.75, 3.05) is 6.61 Å². The van der Waals surface area contributed by atoms with Gasteiger partial charge < -0.3 is 9.47 Å². The first-order valence-electron chi connectivity index (χ1n) is 10.7. The summed E-state index contributed by atoms with van der Waals surface area (Å²) in [5.41, 5.74) is 3.82. The van der Waals surface area contributed by atoms with E-state index in [1.807, 2.05) is 72.8 Å². The maximum absolute atomic E-state index is 12.3. The van der Waals surface area contributed by atoms with Crippen LogP contribution < -0.4 is 14.9 Å². The van der Waals surface area contributed by atoms with E-state index in [1.54, 1.807) is 24.3 Å². The van der Waals surface area contributed by atoms with Crippen LogP contribution in [0.2, 0.25) is 0 Å². The zero-order valence-corrected chi connectivity index (χ0v) is 20.1. The highest BCUT2D eigenvalue weighted by Crippen LogP contribution is 2.22. The number of carbonyl (C=O) groups is 2. The van der Waals surface area contributed by atoms with Crippen LogP contribution in [-0.2, 0) is 9.59 Å². The summed E-state index contributed by atoms with van der Waals surface area (Å²) in [5, 5.41) is 6.09. The molecule has 4 aromatic carbocycles. The molecule has 4 aromatic rings. The van der Waals surface area contributed by atoms with E-state index in [1.165, 1.54) is 12.3 Å². The molecule has 35 heavy (non-hydrogen) atoms. The number of esters is 1. The number of fused-ring (bicyclic) bond motifs is 1. The van der Waals surface area contributed by atoms with Crippen molar-refractivity contribution in [3.63, 3.8) is 0 Å². The lowest BCUT2D eigenvalue weighted by molar-refractivity contribution is -0.129. The zero-order chi connectivity index (χ0) is 24.5. The SMILES string of the molecule is O=C(COc1ccc2ccccc2c1)N/N=C/c1cc(Br)ccc1OC(=O)/C=C/c1ccccc1. The average Bonchev–Trinajstić information content (AvgIpc) is 2.88. The second-order valence-electron chi connectivity index (χ2n) is 7.44. The van der Waals surface area contributed by atoms with Gasteiger partial charge in [0, 0.05) is 16.1 Å². The number of benzene rings is 4. The van der Waals surface area contributed by atoms with E-state index in [4.69, 9.17) is 9.47 Å². The van der Waals surface area contributed by atoms with E-state index in [2.05, 4.69) is 26.5 Å². The van der Waals surface area contributed by atoms with E-state index in [9.17, 15) is 9.59 Å². The number of nitrogens with one attached hydrogen (secondary N) is 1. The molecule has 7 heteroatoms. The summed E-state index contributed by atoms with van der Waals surface area (Å²) in [7, 11) is 0. The van der Waals surface area contributed by atoms with Crippen molar-refractivity contribution in [1.29, 1.82) is 0 Å². The molecule has 0 aliphatic carbocycles. The van der Waals surface area contributed by atoms with Crippen LogP contribution in [0.25, 0.3) is 16.8 Å². The molecule has 0 bridgehead atoms. The number of carbonyl (C=O) groups excluding carboxylic acids is 2. The number of halogens is 1. The summed E-state index contributed by atoms with van der Waals surface area (Å²) in [6, 6.07) is 28.1. The van der Waals surface area contributed by atoms with Crippen LogP contribution in [0.3, 0.4) is 0 Å². The Morgan fingerprint density at radius 3 is 2.49 bits per heavy atom.